The summed E-state index contributed by atoms with van der Waals surface area (Å²) in [5.74, 6) is -0.719. The Kier molecular flexibility index (Phi) is 3.15. The van der Waals surface area contributed by atoms with Gasteiger partial charge in [-0.2, -0.15) is 0 Å². The molecular weight excluding hydrogens is 218 g/mol. The number of hydrogen-bond donors (Lipinski definition) is 2. The predicted octanol–water partition coefficient (Wildman–Crippen LogP) is 1.94. The number of carbonyl (C=O) groups excluding carboxylic acids is 1. The number of carbonyl (C=O) groups is 2. The number of rotatable bonds is 4. The highest BCUT2D eigenvalue weighted by molar-refractivity contribution is 5.84. The fourth-order valence-electron chi connectivity index (χ4n) is 2.92. The van der Waals surface area contributed by atoms with Gasteiger partial charge in [-0.05, 0) is 25.7 Å². The minimum absolute atomic E-state index is 0.0440. The standard InChI is InChI=1S/C13H21NO3/c1-12(5-2-3-6-12)10(15)14-9-13(11(16)17)7-4-8-13/h2-9H2,1H3,(H,14,15)(H,16,17). The molecule has 0 aromatic heterocycles. The van der Waals surface area contributed by atoms with E-state index in [-0.39, 0.29) is 11.3 Å². The number of carboxylic acid groups (broad SMARTS) is 1. The lowest BCUT2D eigenvalue weighted by atomic mass is 9.68. The van der Waals surface area contributed by atoms with Crippen LogP contribution < -0.4 is 5.32 Å². The molecule has 1 amide bonds. The van der Waals surface area contributed by atoms with E-state index in [0.29, 0.717) is 19.4 Å². The van der Waals surface area contributed by atoms with Gasteiger partial charge >= 0.3 is 5.97 Å². The first-order chi connectivity index (χ1) is 7.99. The van der Waals surface area contributed by atoms with Gasteiger partial charge in [0.1, 0.15) is 0 Å². The number of aliphatic carboxylic acids is 1. The lowest BCUT2D eigenvalue weighted by molar-refractivity contribution is -0.154. The summed E-state index contributed by atoms with van der Waals surface area (Å²) in [6.07, 6.45) is 6.41. The highest BCUT2D eigenvalue weighted by atomic mass is 16.4. The minimum Gasteiger partial charge on any atom is -0.481 e. The summed E-state index contributed by atoms with van der Waals surface area (Å²) < 4.78 is 0. The summed E-state index contributed by atoms with van der Waals surface area (Å²) >= 11 is 0. The van der Waals surface area contributed by atoms with Crippen LogP contribution in [-0.2, 0) is 9.59 Å². The second-order valence-corrected chi connectivity index (χ2v) is 5.89. The number of hydrogen-bond acceptors (Lipinski definition) is 2. The quantitative estimate of drug-likeness (QED) is 0.787. The van der Waals surface area contributed by atoms with Crippen LogP contribution in [-0.4, -0.2) is 23.5 Å². The monoisotopic (exact) mass is 239 g/mol. The average Bonchev–Trinajstić information content (AvgIpc) is 2.64. The third-order valence-electron chi connectivity index (χ3n) is 4.61. The van der Waals surface area contributed by atoms with Gasteiger partial charge in [0.25, 0.3) is 0 Å². The van der Waals surface area contributed by atoms with Crippen molar-refractivity contribution >= 4 is 11.9 Å². The first kappa shape index (κ1) is 12.4. The SMILES string of the molecule is CC1(C(=O)NCC2(C(=O)O)CCC2)CCCC1. The van der Waals surface area contributed by atoms with Crippen molar-refractivity contribution in [2.75, 3.05) is 6.54 Å². The molecule has 0 saturated heterocycles. The topological polar surface area (TPSA) is 66.4 Å². The van der Waals surface area contributed by atoms with Gasteiger partial charge in [-0.15, -0.1) is 0 Å². The van der Waals surface area contributed by atoms with Crippen LogP contribution >= 0.6 is 0 Å². The second kappa shape index (κ2) is 4.31. The van der Waals surface area contributed by atoms with Crippen LogP contribution in [0.25, 0.3) is 0 Å². The fourth-order valence-corrected chi connectivity index (χ4v) is 2.92. The molecule has 0 aliphatic heterocycles. The van der Waals surface area contributed by atoms with E-state index in [2.05, 4.69) is 5.32 Å². The van der Waals surface area contributed by atoms with Crippen LogP contribution in [0.4, 0.5) is 0 Å². The molecule has 2 rings (SSSR count). The second-order valence-electron chi connectivity index (χ2n) is 5.89. The van der Waals surface area contributed by atoms with Crippen molar-refractivity contribution in [1.29, 1.82) is 0 Å². The van der Waals surface area contributed by atoms with Crippen molar-refractivity contribution in [3.63, 3.8) is 0 Å². The molecule has 17 heavy (non-hydrogen) atoms. The van der Waals surface area contributed by atoms with Crippen LogP contribution in [0.2, 0.25) is 0 Å². The van der Waals surface area contributed by atoms with Crippen molar-refractivity contribution in [3.05, 3.63) is 0 Å². The van der Waals surface area contributed by atoms with E-state index in [1.165, 1.54) is 0 Å². The van der Waals surface area contributed by atoms with Gasteiger partial charge < -0.3 is 10.4 Å². The summed E-state index contributed by atoms with van der Waals surface area (Å²) in [6.45, 7) is 2.29. The Balaban J connectivity index is 1.89. The molecule has 0 bridgehead atoms. The summed E-state index contributed by atoms with van der Waals surface area (Å²) in [7, 11) is 0. The summed E-state index contributed by atoms with van der Waals surface area (Å²) in [5, 5.41) is 12.0. The molecule has 0 aromatic carbocycles. The van der Waals surface area contributed by atoms with Crippen LogP contribution in [0.3, 0.4) is 0 Å². The molecule has 0 spiro atoms. The third kappa shape index (κ3) is 2.17. The minimum atomic E-state index is -0.763. The highest BCUT2D eigenvalue weighted by Crippen LogP contribution is 2.41. The lowest BCUT2D eigenvalue weighted by Crippen LogP contribution is -2.50. The van der Waals surface area contributed by atoms with E-state index in [9.17, 15) is 14.7 Å². The molecule has 0 atom stereocenters. The smallest absolute Gasteiger partial charge is 0.311 e. The van der Waals surface area contributed by atoms with Gasteiger partial charge in [-0.3, -0.25) is 9.59 Å². The molecule has 0 unspecified atom stereocenters. The Hall–Kier alpha value is -1.06. The zero-order valence-electron chi connectivity index (χ0n) is 10.4. The zero-order valence-corrected chi connectivity index (χ0v) is 10.4. The van der Waals surface area contributed by atoms with E-state index in [1.807, 2.05) is 6.92 Å². The Labute approximate surface area is 102 Å². The van der Waals surface area contributed by atoms with Gasteiger partial charge in [0.15, 0.2) is 0 Å². The largest absolute Gasteiger partial charge is 0.481 e. The van der Waals surface area contributed by atoms with Gasteiger partial charge in [0.2, 0.25) is 5.91 Å². The van der Waals surface area contributed by atoms with E-state index < -0.39 is 11.4 Å². The first-order valence-corrected chi connectivity index (χ1v) is 6.50. The summed E-state index contributed by atoms with van der Waals surface area (Å²) in [4.78, 5) is 23.2. The molecule has 0 aromatic rings. The van der Waals surface area contributed by atoms with Crippen molar-refractivity contribution in [1.82, 2.24) is 5.32 Å². The average molecular weight is 239 g/mol. The molecule has 2 saturated carbocycles. The maximum absolute atomic E-state index is 12.1. The van der Waals surface area contributed by atoms with Crippen LogP contribution in [0.5, 0.6) is 0 Å². The number of amides is 1. The molecule has 0 heterocycles. The Morgan fingerprint density at radius 3 is 2.12 bits per heavy atom. The van der Waals surface area contributed by atoms with E-state index in [4.69, 9.17) is 0 Å². The molecule has 2 N–H and O–H groups in total. The van der Waals surface area contributed by atoms with E-state index >= 15 is 0 Å². The van der Waals surface area contributed by atoms with Crippen molar-refractivity contribution < 1.29 is 14.7 Å². The molecule has 4 nitrogen and oxygen atoms in total. The molecule has 0 radical (unpaired) electrons. The van der Waals surface area contributed by atoms with Crippen molar-refractivity contribution in [2.45, 2.75) is 51.9 Å². The van der Waals surface area contributed by atoms with Crippen molar-refractivity contribution in [3.8, 4) is 0 Å². The molecule has 2 aliphatic rings. The third-order valence-corrected chi connectivity index (χ3v) is 4.61. The Morgan fingerprint density at radius 1 is 1.12 bits per heavy atom. The normalized spacial score (nSPS) is 25.0. The molecule has 2 fully saturated rings. The lowest BCUT2D eigenvalue weighted by Gasteiger charge is -2.38. The highest BCUT2D eigenvalue weighted by Gasteiger charge is 2.45. The van der Waals surface area contributed by atoms with Gasteiger partial charge in [-0.25, -0.2) is 0 Å². The molecule has 2 aliphatic carbocycles. The zero-order chi connectivity index (χ0) is 12.5. The Morgan fingerprint density at radius 2 is 1.71 bits per heavy atom. The molecule has 96 valence electrons. The van der Waals surface area contributed by atoms with Crippen LogP contribution in [0.15, 0.2) is 0 Å². The van der Waals surface area contributed by atoms with Crippen LogP contribution in [0.1, 0.15) is 51.9 Å². The maximum atomic E-state index is 12.1. The molecular formula is C13H21NO3. The van der Waals surface area contributed by atoms with Gasteiger partial charge in [0, 0.05) is 12.0 Å². The first-order valence-electron chi connectivity index (χ1n) is 6.50. The van der Waals surface area contributed by atoms with Gasteiger partial charge in [-0.1, -0.05) is 26.2 Å². The Bertz CT molecular complexity index is 328. The molecule has 4 heteroatoms. The van der Waals surface area contributed by atoms with Crippen LogP contribution in [0, 0.1) is 10.8 Å². The maximum Gasteiger partial charge on any atom is 0.311 e. The predicted molar refractivity (Wildman–Crippen MR) is 63.5 cm³/mol. The fraction of sp³-hybridized carbons (Fsp3) is 0.846. The summed E-state index contributed by atoms with van der Waals surface area (Å²) in [5.41, 5.74) is -0.936. The van der Waals surface area contributed by atoms with E-state index in [1.54, 1.807) is 0 Å². The number of nitrogens with one attached hydrogen (secondary N) is 1. The summed E-state index contributed by atoms with van der Waals surface area (Å²) in [6, 6.07) is 0. The van der Waals surface area contributed by atoms with Crippen molar-refractivity contribution in [2.24, 2.45) is 10.8 Å². The van der Waals surface area contributed by atoms with E-state index in [0.717, 1.165) is 32.1 Å². The van der Waals surface area contributed by atoms with Gasteiger partial charge in [0.05, 0.1) is 5.41 Å². The number of carboxylic acids is 1.